The van der Waals surface area contributed by atoms with Gasteiger partial charge in [-0.25, -0.2) is 20.1 Å². The molecule has 4 atom stereocenters. The van der Waals surface area contributed by atoms with Gasteiger partial charge in [0.15, 0.2) is 0 Å². The molecule has 0 spiro atoms. The maximum absolute atomic E-state index is 13.4. The molecular formula is C21H22Cl2N6O5S2. The van der Waals surface area contributed by atoms with Gasteiger partial charge in [0.1, 0.15) is 17.3 Å². The number of carbonyl (C=O) groups is 1. The number of carbonyl (C=O) groups excluding carboxylic acids is 1. The number of hydrogen-bond donors (Lipinski definition) is 4. The van der Waals surface area contributed by atoms with Gasteiger partial charge in [0.2, 0.25) is 5.78 Å². The zero-order chi connectivity index (χ0) is 26.0. The van der Waals surface area contributed by atoms with Crippen molar-refractivity contribution in [1.29, 1.82) is 0 Å². The number of aliphatic hydroxyl groups is 1. The van der Waals surface area contributed by atoms with Gasteiger partial charge in [-0.2, -0.15) is 8.42 Å². The van der Waals surface area contributed by atoms with Gasteiger partial charge >= 0.3 is 10.3 Å². The molecular weight excluding hydrogens is 551 g/mol. The summed E-state index contributed by atoms with van der Waals surface area (Å²) in [7, 11) is -4.11. The molecule has 0 radical (unpaired) electrons. The van der Waals surface area contributed by atoms with Crippen LogP contribution in [0.15, 0.2) is 36.8 Å². The predicted molar refractivity (Wildman–Crippen MR) is 135 cm³/mol. The van der Waals surface area contributed by atoms with Crippen LogP contribution < -0.4 is 16.2 Å². The summed E-state index contributed by atoms with van der Waals surface area (Å²) in [6.45, 7) is -0.244. The van der Waals surface area contributed by atoms with E-state index < -0.39 is 28.4 Å². The highest BCUT2D eigenvalue weighted by atomic mass is 35.5. The molecule has 0 aromatic carbocycles. The summed E-state index contributed by atoms with van der Waals surface area (Å²) < 4.78 is 27.1. The highest BCUT2D eigenvalue weighted by molar-refractivity contribution is 7.84. The molecule has 1 aliphatic carbocycles. The molecule has 1 saturated carbocycles. The van der Waals surface area contributed by atoms with Gasteiger partial charge in [0.05, 0.1) is 39.2 Å². The Hall–Kier alpha value is -2.23. The number of nitrogens with two attached hydrogens (primary N) is 2. The van der Waals surface area contributed by atoms with Crippen molar-refractivity contribution in [3.63, 3.8) is 0 Å². The Morgan fingerprint density at radius 2 is 2.11 bits per heavy atom. The number of hydrogen-bond acceptors (Lipinski definition) is 11. The normalized spacial score (nSPS) is 20.9. The molecule has 1 aliphatic rings. The monoisotopic (exact) mass is 572 g/mol. The third-order valence-electron chi connectivity index (χ3n) is 5.73. The third-order valence-corrected chi connectivity index (χ3v) is 7.79. The Morgan fingerprint density at radius 3 is 2.83 bits per heavy atom. The van der Waals surface area contributed by atoms with E-state index in [0.717, 1.165) is 11.3 Å². The molecule has 0 unspecified atom stereocenters. The molecule has 6 N–H and O–H groups in total. The van der Waals surface area contributed by atoms with Gasteiger partial charge in [0.25, 0.3) is 0 Å². The number of thiophene rings is 1. The summed E-state index contributed by atoms with van der Waals surface area (Å²) in [6.07, 6.45) is 2.54. The van der Waals surface area contributed by atoms with Crippen LogP contribution in [0.4, 0.5) is 5.82 Å². The lowest BCUT2D eigenvalue weighted by Crippen LogP contribution is -2.24. The van der Waals surface area contributed by atoms with E-state index in [1.165, 1.54) is 12.5 Å². The molecule has 0 saturated heterocycles. The van der Waals surface area contributed by atoms with Crippen molar-refractivity contribution >= 4 is 56.4 Å². The van der Waals surface area contributed by atoms with Crippen LogP contribution in [-0.2, 0) is 14.5 Å². The largest absolute Gasteiger partial charge is 0.393 e. The molecule has 0 bridgehead atoms. The molecule has 15 heteroatoms. The van der Waals surface area contributed by atoms with E-state index >= 15 is 0 Å². The molecule has 0 amide bonds. The van der Waals surface area contributed by atoms with Crippen molar-refractivity contribution < 1.29 is 22.5 Å². The predicted octanol–water partition coefficient (Wildman–Crippen LogP) is 2.29. The second-order valence-corrected chi connectivity index (χ2v) is 11.5. The van der Waals surface area contributed by atoms with E-state index in [9.17, 15) is 18.3 Å². The molecule has 3 aromatic rings. The number of nitrogens with one attached hydrogen (secondary N) is 1. The molecule has 4 rings (SSSR count). The first-order valence-corrected chi connectivity index (χ1v) is 13.7. The lowest BCUT2D eigenvalue weighted by Gasteiger charge is -2.15. The van der Waals surface area contributed by atoms with Gasteiger partial charge in [-0.15, -0.1) is 11.3 Å². The number of anilines is 1. The zero-order valence-corrected chi connectivity index (χ0v) is 21.7. The zero-order valence-electron chi connectivity index (χ0n) is 18.5. The minimum absolute atomic E-state index is 0.204. The average Bonchev–Trinajstić information content (AvgIpc) is 3.38. The topological polar surface area (TPSA) is 183 Å². The van der Waals surface area contributed by atoms with Crippen molar-refractivity contribution in [2.24, 2.45) is 16.8 Å². The van der Waals surface area contributed by atoms with Gasteiger partial charge in [-0.3, -0.25) is 8.98 Å². The van der Waals surface area contributed by atoms with Crippen molar-refractivity contribution in [3.05, 3.63) is 68.0 Å². The molecule has 192 valence electrons. The van der Waals surface area contributed by atoms with Crippen LogP contribution in [0, 0.1) is 5.92 Å². The first-order valence-electron chi connectivity index (χ1n) is 10.7. The lowest BCUT2D eigenvalue weighted by molar-refractivity contribution is 0.101. The summed E-state index contributed by atoms with van der Waals surface area (Å²) in [5.74, 6) is -0.552. The number of aromatic nitrogens is 3. The first kappa shape index (κ1) is 26.8. The quantitative estimate of drug-likeness (QED) is 0.219. The third kappa shape index (κ3) is 6.36. The minimum atomic E-state index is -4.11. The fraction of sp³-hybridized carbons (Fsp3) is 0.333. The Kier molecular flexibility index (Phi) is 8.22. The van der Waals surface area contributed by atoms with E-state index in [2.05, 4.69) is 24.5 Å². The fourth-order valence-electron chi connectivity index (χ4n) is 3.98. The van der Waals surface area contributed by atoms with Gasteiger partial charge in [-0.05, 0) is 31.0 Å². The highest BCUT2D eigenvalue weighted by Crippen LogP contribution is 2.36. The number of pyridine rings is 1. The average molecular weight is 573 g/mol. The van der Waals surface area contributed by atoms with Crippen LogP contribution in [-0.4, -0.2) is 53.0 Å². The molecule has 0 aliphatic heterocycles. The number of rotatable bonds is 9. The van der Waals surface area contributed by atoms with Crippen molar-refractivity contribution in [3.8, 4) is 0 Å². The second-order valence-electron chi connectivity index (χ2n) is 8.23. The molecule has 11 nitrogen and oxygen atoms in total. The SMILES string of the molecule is N[C@@H](c1cccc(Cl)n1)c1cc(C(=O)c2cncnc2N[C@@H]2C[C@H](COS(N)(=O)=O)[C@@H](O)C2)sc1Cl. The van der Waals surface area contributed by atoms with E-state index in [4.69, 9.17) is 34.1 Å². The van der Waals surface area contributed by atoms with Crippen LogP contribution in [0.5, 0.6) is 0 Å². The van der Waals surface area contributed by atoms with E-state index in [1.54, 1.807) is 24.3 Å². The summed E-state index contributed by atoms with van der Waals surface area (Å²) in [4.78, 5) is 26.1. The van der Waals surface area contributed by atoms with Crippen LogP contribution in [0.2, 0.25) is 9.49 Å². The Labute approximate surface area is 221 Å². The number of nitrogens with zero attached hydrogens (tertiary/aromatic N) is 3. The Morgan fingerprint density at radius 1 is 1.33 bits per heavy atom. The molecule has 3 heterocycles. The summed E-state index contributed by atoms with van der Waals surface area (Å²) in [6, 6.07) is 5.71. The van der Waals surface area contributed by atoms with Gasteiger partial charge in [-0.1, -0.05) is 29.3 Å². The van der Waals surface area contributed by atoms with Crippen molar-refractivity contribution in [2.75, 3.05) is 11.9 Å². The van der Waals surface area contributed by atoms with Gasteiger partial charge in [0, 0.05) is 23.7 Å². The number of aliphatic hydroxyl groups excluding tert-OH is 1. The van der Waals surface area contributed by atoms with Crippen LogP contribution in [0.1, 0.15) is 45.4 Å². The van der Waals surface area contributed by atoms with Gasteiger partial charge < -0.3 is 16.2 Å². The van der Waals surface area contributed by atoms with Crippen LogP contribution in [0.3, 0.4) is 0 Å². The summed E-state index contributed by atoms with van der Waals surface area (Å²) in [5.41, 5.74) is 7.57. The van der Waals surface area contributed by atoms with Crippen molar-refractivity contribution in [2.45, 2.75) is 31.0 Å². The first-order chi connectivity index (χ1) is 17.0. The summed E-state index contributed by atoms with van der Waals surface area (Å²) in [5, 5.41) is 18.6. The smallest absolute Gasteiger partial charge is 0.333 e. The Balaban J connectivity index is 1.51. The van der Waals surface area contributed by atoms with Crippen LogP contribution in [0.25, 0.3) is 0 Å². The maximum atomic E-state index is 13.4. The molecule has 36 heavy (non-hydrogen) atoms. The number of ketones is 1. The minimum Gasteiger partial charge on any atom is -0.393 e. The van der Waals surface area contributed by atoms with E-state index in [0.29, 0.717) is 38.5 Å². The molecule has 1 fully saturated rings. The van der Waals surface area contributed by atoms with Crippen molar-refractivity contribution in [1.82, 2.24) is 15.0 Å². The second kappa shape index (κ2) is 11.0. The maximum Gasteiger partial charge on any atom is 0.333 e. The Bertz CT molecular complexity index is 1370. The highest BCUT2D eigenvalue weighted by Gasteiger charge is 2.35. The lowest BCUT2D eigenvalue weighted by atomic mass is 10.1. The summed E-state index contributed by atoms with van der Waals surface area (Å²) >= 11 is 13.5. The molecule has 3 aromatic heterocycles. The number of halogens is 2. The fourth-order valence-corrected chi connectivity index (χ4v) is 5.82. The van der Waals surface area contributed by atoms with E-state index in [-0.39, 0.29) is 29.8 Å². The van der Waals surface area contributed by atoms with Crippen LogP contribution >= 0.6 is 34.5 Å². The standard InChI is InChI=1S/C21H22Cl2N6O5S2/c22-17-3-1-2-14(29-17)18(24)12-6-16(35-20(12)23)19(31)13-7-26-9-27-21(13)28-11-4-10(15(30)5-11)8-34-36(25,32)33/h1-3,6-7,9-11,15,18,30H,4-5,8,24H2,(H2,25,32,33)(H,26,27,28)/t10-,11-,15+,18-/m1/s1. The van der Waals surface area contributed by atoms with E-state index in [1.807, 2.05) is 0 Å².